The fourth-order valence-corrected chi connectivity index (χ4v) is 3.54. The molecular weight excluding hydrogens is 428 g/mol. The molecule has 166 valence electrons. The fraction of sp³-hybridized carbons (Fsp3) is 0.261. The maximum Gasteiger partial charge on any atom is 0.270 e. The van der Waals surface area contributed by atoms with Crippen LogP contribution in [0, 0.1) is 16.0 Å². The van der Waals surface area contributed by atoms with Crippen LogP contribution in [0.15, 0.2) is 54.6 Å². The van der Waals surface area contributed by atoms with E-state index in [1.54, 1.807) is 36.4 Å². The molecule has 0 saturated carbocycles. The van der Waals surface area contributed by atoms with Gasteiger partial charge in [0.05, 0.1) is 4.92 Å². The number of rotatable bonds is 5. The van der Waals surface area contributed by atoms with Gasteiger partial charge < -0.3 is 10.2 Å². The molecular formula is C23H24N4O4S. The monoisotopic (exact) mass is 452 g/mol. The first-order chi connectivity index (χ1) is 15.3. The number of nitro benzene ring substituents is 1. The molecule has 0 unspecified atom stereocenters. The number of nitro groups is 1. The summed E-state index contributed by atoms with van der Waals surface area (Å²) in [5.74, 6) is 0.202. The molecule has 0 spiro atoms. The third-order valence-corrected chi connectivity index (χ3v) is 5.41. The van der Waals surface area contributed by atoms with Crippen LogP contribution in [-0.2, 0) is 4.79 Å². The average Bonchev–Trinajstić information content (AvgIpc) is 2.78. The smallest absolute Gasteiger partial charge is 0.270 e. The zero-order valence-corrected chi connectivity index (χ0v) is 18.4. The number of benzene rings is 2. The van der Waals surface area contributed by atoms with Gasteiger partial charge in [0, 0.05) is 42.5 Å². The number of amides is 2. The Bertz CT molecular complexity index is 1040. The molecule has 8 nitrogen and oxygen atoms in total. The van der Waals surface area contributed by atoms with Gasteiger partial charge in [-0.05, 0) is 66.9 Å². The lowest BCUT2D eigenvalue weighted by atomic mass is 9.98. The van der Waals surface area contributed by atoms with Crippen molar-refractivity contribution < 1.29 is 14.5 Å². The van der Waals surface area contributed by atoms with E-state index in [4.69, 9.17) is 12.2 Å². The molecule has 2 aromatic rings. The summed E-state index contributed by atoms with van der Waals surface area (Å²) >= 11 is 5.15. The Balaban J connectivity index is 1.51. The van der Waals surface area contributed by atoms with Crippen molar-refractivity contribution in [3.8, 4) is 0 Å². The third-order valence-electron chi connectivity index (χ3n) is 5.21. The minimum Gasteiger partial charge on any atom is -0.339 e. The van der Waals surface area contributed by atoms with Crippen LogP contribution < -0.4 is 10.6 Å². The van der Waals surface area contributed by atoms with E-state index in [-0.39, 0.29) is 16.7 Å². The maximum absolute atomic E-state index is 12.6. The molecule has 0 radical (unpaired) electrons. The molecule has 9 heteroatoms. The fourth-order valence-electron chi connectivity index (χ4n) is 3.32. The van der Waals surface area contributed by atoms with Crippen LogP contribution in [0.5, 0.6) is 0 Å². The van der Waals surface area contributed by atoms with Gasteiger partial charge in [0.15, 0.2) is 5.11 Å². The van der Waals surface area contributed by atoms with Crippen LogP contribution in [-0.4, -0.2) is 39.8 Å². The first-order valence-corrected chi connectivity index (χ1v) is 10.7. The Morgan fingerprint density at radius 3 is 2.50 bits per heavy atom. The van der Waals surface area contributed by atoms with Gasteiger partial charge in [-0.15, -0.1) is 0 Å². The van der Waals surface area contributed by atoms with Gasteiger partial charge in [0.2, 0.25) is 5.91 Å². The second-order valence-corrected chi connectivity index (χ2v) is 8.09. The van der Waals surface area contributed by atoms with Gasteiger partial charge >= 0.3 is 0 Å². The quantitative estimate of drug-likeness (QED) is 0.308. The summed E-state index contributed by atoms with van der Waals surface area (Å²) in [5, 5.41) is 16.3. The molecule has 3 rings (SSSR count). The number of anilines is 1. The summed E-state index contributed by atoms with van der Waals surface area (Å²) in [6.45, 7) is 3.76. The van der Waals surface area contributed by atoms with Gasteiger partial charge in [-0.3, -0.25) is 25.0 Å². The normalized spacial score (nSPS) is 14.2. The maximum atomic E-state index is 12.6. The summed E-state index contributed by atoms with van der Waals surface area (Å²) in [7, 11) is 0. The topological polar surface area (TPSA) is 105 Å². The van der Waals surface area contributed by atoms with Crippen LogP contribution in [0.4, 0.5) is 11.4 Å². The Morgan fingerprint density at radius 1 is 1.16 bits per heavy atom. The van der Waals surface area contributed by atoms with E-state index in [1.807, 2.05) is 4.90 Å². The lowest BCUT2D eigenvalue weighted by Crippen LogP contribution is -2.37. The molecule has 1 aliphatic rings. The van der Waals surface area contributed by atoms with Crippen LogP contribution in [0.1, 0.15) is 35.7 Å². The molecule has 0 atom stereocenters. The van der Waals surface area contributed by atoms with Crippen molar-refractivity contribution >= 4 is 46.6 Å². The number of hydrogen-bond acceptors (Lipinski definition) is 5. The number of nitrogens with one attached hydrogen (secondary N) is 2. The summed E-state index contributed by atoms with van der Waals surface area (Å²) in [6.07, 6.45) is 4.75. The highest BCUT2D eigenvalue weighted by Gasteiger charge is 2.21. The zero-order valence-electron chi connectivity index (χ0n) is 17.6. The number of nitrogens with zero attached hydrogens (tertiary/aromatic N) is 2. The SMILES string of the molecule is CC1CCN(C(=O)c2ccc(NC(=S)NC(=O)/C=C/c3cccc([N+](=O)[O-])c3)cc2)CC1. The Hall–Kier alpha value is -3.59. The molecule has 0 aliphatic carbocycles. The first kappa shape index (κ1) is 23.1. The van der Waals surface area contributed by atoms with Gasteiger partial charge in [-0.25, -0.2) is 0 Å². The van der Waals surface area contributed by atoms with Crippen molar-refractivity contribution in [2.75, 3.05) is 18.4 Å². The molecule has 1 fully saturated rings. The highest BCUT2D eigenvalue weighted by atomic mass is 32.1. The minimum absolute atomic E-state index is 0.0191. The van der Waals surface area contributed by atoms with Gasteiger partial charge in [0.25, 0.3) is 11.6 Å². The van der Waals surface area contributed by atoms with Gasteiger partial charge in [-0.1, -0.05) is 19.1 Å². The minimum atomic E-state index is -0.498. The number of non-ortho nitro benzene ring substituents is 1. The summed E-state index contributed by atoms with van der Waals surface area (Å²) in [6, 6.07) is 12.9. The molecule has 2 N–H and O–H groups in total. The zero-order chi connectivity index (χ0) is 23.1. The van der Waals surface area contributed by atoms with Crippen molar-refractivity contribution in [3.05, 3.63) is 75.8 Å². The first-order valence-electron chi connectivity index (χ1n) is 10.3. The standard InChI is InChI=1S/C23H24N4O4S/c1-16-11-13-26(14-12-16)22(29)18-6-8-19(9-7-18)24-23(32)25-21(28)10-5-17-3-2-4-20(15-17)27(30)31/h2-10,15-16H,11-14H2,1H3,(H2,24,25,28,32)/b10-5+. The second kappa shape index (κ2) is 10.6. The highest BCUT2D eigenvalue weighted by molar-refractivity contribution is 7.80. The Kier molecular flexibility index (Phi) is 7.67. The summed E-state index contributed by atoms with van der Waals surface area (Å²) in [4.78, 5) is 36.9. The summed E-state index contributed by atoms with van der Waals surface area (Å²) in [5.41, 5.74) is 1.72. The van der Waals surface area contributed by atoms with Crippen LogP contribution in [0.2, 0.25) is 0 Å². The van der Waals surface area contributed by atoms with Crippen molar-refractivity contribution in [2.45, 2.75) is 19.8 Å². The number of carbonyl (C=O) groups excluding carboxylic acids is 2. The molecule has 2 amide bonds. The molecule has 1 saturated heterocycles. The van der Waals surface area contributed by atoms with Gasteiger partial charge in [-0.2, -0.15) is 0 Å². The Labute approximate surface area is 191 Å². The van der Waals surface area contributed by atoms with E-state index in [9.17, 15) is 19.7 Å². The molecule has 0 bridgehead atoms. The summed E-state index contributed by atoms with van der Waals surface area (Å²) < 4.78 is 0. The largest absolute Gasteiger partial charge is 0.339 e. The predicted octanol–water partition coefficient (Wildman–Crippen LogP) is 3.99. The number of carbonyl (C=O) groups is 2. The van der Waals surface area contributed by atoms with E-state index in [0.29, 0.717) is 22.7 Å². The van der Waals surface area contributed by atoms with Crippen LogP contribution >= 0.6 is 12.2 Å². The Morgan fingerprint density at radius 2 is 1.84 bits per heavy atom. The molecule has 2 aromatic carbocycles. The predicted molar refractivity (Wildman–Crippen MR) is 127 cm³/mol. The lowest BCUT2D eigenvalue weighted by Gasteiger charge is -2.30. The molecule has 1 heterocycles. The van der Waals surface area contributed by atoms with Crippen molar-refractivity contribution in [1.29, 1.82) is 0 Å². The van der Waals surface area contributed by atoms with Crippen molar-refractivity contribution in [3.63, 3.8) is 0 Å². The average molecular weight is 453 g/mol. The van der Waals surface area contributed by atoms with Crippen molar-refractivity contribution in [1.82, 2.24) is 10.2 Å². The second-order valence-electron chi connectivity index (χ2n) is 7.68. The molecule has 0 aromatic heterocycles. The lowest BCUT2D eigenvalue weighted by molar-refractivity contribution is -0.384. The number of hydrogen-bond donors (Lipinski definition) is 2. The van der Waals surface area contributed by atoms with E-state index >= 15 is 0 Å². The number of thiocarbonyl (C=S) groups is 1. The van der Waals surface area contributed by atoms with Gasteiger partial charge in [0.1, 0.15) is 0 Å². The third kappa shape index (κ3) is 6.45. The molecule has 32 heavy (non-hydrogen) atoms. The van der Waals surface area contributed by atoms with E-state index in [1.165, 1.54) is 24.3 Å². The number of likely N-dealkylation sites (tertiary alicyclic amines) is 1. The highest BCUT2D eigenvalue weighted by Crippen LogP contribution is 2.19. The van der Waals surface area contributed by atoms with Crippen molar-refractivity contribution in [2.24, 2.45) is 5.92 Å². The van der Waals surface area contributed by atoms with Crippen LogP contribution in [0.25, 0.3) is 6.08 Å². The van der Waals surface area contributed by atoms with E-state index in [2.05, 4.69) is 17.6 Å². The number of piperidine rings is 1. The van der Waals surface area contributed by atoms with Crippen LogP contribution in [0.3, 0.4) is 0 Å². The van der Waals surface area contributed by atoms with E-state index < -0.39 is 10.8 Å². The molecule has 1 aliphatic heterocycles. The van der Waals surface area contributed by atoms with E-state index in [0.717, 1.165) is 25.9 Å².